The number of anilines is 1. The number of hydrogen-bond donors (Lipinski definition) is 0. The van der Waals surface area contributed by atoms with Gasteiger partial charge in [0.25, 0.3) is 0 Å². The highest BCUT2D eigenvalue weighted by molar-refractivity contribution is 6.15. The second-order valence-corrected chi connectivity index (χ2v) is 8.07. The molecule has 5 nitrogen and oxygen atoms in total. The number of pyridine rings is 1. The maximum atomic E-state index is 6.16. The molecule has 2 aliphatic heterocycles. The molecule has 2 fully saturated rings. The van der Waals surface area contributed by atoms with E-state index in [9.17, 15) is 0 Å². The van der Waals surface area contributed by atoms with Crippen molar-refractivity contribution in [1.82, 2.24) is 4.98 Å². The number of fused-ring (bicyclic) bond motifs is 1. The molecule has 1 aromatic carbocycles. The van der Waals surface area contributed by atoms with E-state index in [1.807, 2.05) is 6.20 Å². The molecule has 1 saturated carbocycles. The molecule has 3 heterocycles. The fourth-order valence-corrected chi connectivity index (χ4v) is 3.80. The van der Waals surface area contributed by atoms with Gasteiger partial charge in [0.15, 0.2) is 0 Å². The van der Waals surface area contributed by atoms with Gasteiger partial charge in [-0.25, -0.2) is 4.98 Å². The molecule has 3 aliphatic rings. The Hall–Kier alpha value is -2.40. The first-order valence-corrected chi connectivity index (χ1v) is 9.79. The number of benzene rings is 1. The summed E-state index contributed by atoms with van der Waals surface area (Å²) in [6.07, 6.45) is 4.39. The SMILES string of the molecule is C[C@H]1CN(c2cc(C3=NCc4ccc(OC5(C)CC5)cc43)ccn2)CCO1. The van der Waals surface area contributed by atoms with Crippen molar-refractivity contribution in [2.24, 2.45) is 4.99 Å². The van der Waals surface area contributed by atoms with Crippen molar-refractivity contribution >= 4 is 11.5 Å². The lowest BCUT2D eigenvalue weighted by Gasteiger charge is -2.32. The third-order valence-electron chi connectivity index (χ3n) is 5.65. The number of aliphatic imine (C=N–C) groups is 1. The minimum Gasteiger partial charge on any atom is -0.488 e. The van der Waals surface area contributed by atoms with E-state index in [1.54, 1.807) is 0 Å². The minimum atomic E-state index is 0.0288. The summed E-state index contributed by atoms with van der Waals surface area (Å²) in [5.41, 5.74) is 4.64. The van der Waals surface area contributed by atoms with Crippen LogP contribution in [-0.4, -0.2) is 42.1 Å². The van der Waals surface area contributed by atoms with Crippen molar-refractivity contribution in [3.8, 4) is 5.75 Å². The smallest absolute Gasteiger partial charge is 0.129 e. The summed E-state index contributed by atoms with van der Waals surface area (Å²) in [4.78, 5) is 11.7. The molecule has 1 atom stereocenters. The Labute approximate surface area is 160 Å². The molecule has 1 aromatic heterocycles. The van der Waals surface area contributed by atoms with Crippen LogP contribution < -0.4 is 9.64 Å². The molecule has 0 amide bonds. The summed E-state index contributed by atoms with van der Waals surface area (Å²) in [7, 11) is 0. The van der Waals surface area contributed by atoms with Crippen molar-refractivity contribution in [3.63, 3.8) is 0 Å². The lowest BCUT2D eigenvalue weighted by atomic mass is 10.0. The van der Waals surface area contributed by atoms with Crippen LogP contribution in [0.3, 0.4) is 0 Å². The van der Waals surface area contributed by atoms with Crippen LogP contribution in [0.25, 0.3) is 0 Å². The summed E-state index contributed by atoms with van der Waals surface area (Å²) in [5, 5.41) is 0. The van der Waals surface area contributed by atoms with Crippen LogP contribution in [0.4, 0.5) is 5.82 Å². The molecule has 27 heavy (non-hydrogen) atoms. The van der Waals surface area contributed by atoms with Gasteiger partial charge in [0.05, 0.1) is 25.0 Å². The van der Waals surface area contributed by atoms with Crippen LogP contribution in [0.1, 0.15) is 43.4 Å². The molecule has 0 N–H and O–H groups in total. The zero-order valence-electron chi connectivity index (χ0n) is 15.9. The van der Waals surface area contributed by atoms with Crippen molar-refractivity contribution < 1.29 is 9.47 Å². The van der Waals surface area contributed by atoms with Crippen LogP contribution in [-0.2, 0) is 11.3 Å². The third kappa shape index (κ3) is 3.32. The van der Waals surface area contributed by atoms with Crippen LogP contribution in [0, 0.1) is 0 Å². The summed E-state index contributed by atoms with van der Waals surface area (Å²) in [5.74, 6) is 1.94. The number of rotatable bonds is 4. The fraction of sp³-hybridized carbons (Fsp3) is 0.455. The van der Waals surface area contributed by atoms with Gasteiger partial charge in [-0.3, -0.25) is 4.99 Å². The predicted molar refractivity (Wildman–Crippen MR) is 106 cm³/mol. The third-order valence-corrected chi connectivity index (χ3v) is 5.65. The van der Waals surface area contributed by atoms with E-state index in [0.29, 0.717) is 0 Å². The van der Waals surface area contributed by atoms with Crippen molar-refractivity contribution in [2.75, 3.05) is 24.6 Å². The van der Waals surface area contributed by atoms with Gasteiger partial charge in [-0.1, -0.05) is 6.07 Å². The van der Waals surface area contributed by atoms with Gasteiger partial charge in [0.2, 0.25) is 0 Å². The Bertz CT molecular complexity index is 904. The number of nitrogens with zero attached hydrogens (tertiary/aromatic N) is 3. The van der Waals surface area contributed by atoms with E-state index in [1.165, 1.54) is 11.1 Å². The maximum Gasteiger partial charge on any atom is 0.129 e. The zero-order valence-corrected chi connectivity index (χ0v) is 15.9. The van der Waals surface area contributed by atoms with E-state index < -0.39 is 0 Å². The Kier molecular flexibility index (Phi) is 3.93. The molecule has 140 valence electrons. The largest absolute Gasteiger partial charge is 0.488 e. The molecule has 0 radical (unpaired) electrons. The van der Waals surface area contributed by atoms with Crippen molar-refractivity contribution in [2.45, 2.75) is 44.9 Å². The quantitative estimate of drug-likeness (QED) is 0.833. The molecular formula is C22H25N3O2. The van der Waals surface area contributed by atoms with Crippen molar-refractivity contribution in [3.05, 3.63) is 53.2 Å². The molecule has 5 heteroatoms. The molecule has 0 spiro atoms. The van der Waals surface area contributed by atoms with Crippen LogP contribution >= 0.6 is 0 Å². The van der Waals surface area contributed by atoms with Gasteiger partial charge >= 0.3 is 0 Å². The van der Waals surface area contributed by atoms with Crippen LogP contribution in [0.2, 0.25) is 0 Å². The van der Waals surface area contributed by atoms with Crippen molar-refractivity contribution in [1.29, 1.82) is 0 Å². The number of aromatic nitrogens is 1. The highest BCUT2D eigenvalue weighted by atomic mass is 16.5. The average molecular weight is 363 g/mol. The summed E-state index contributed by atoms with van der Waals surface area (Å²) in [6.45, 7) is 7.50. The predicted octanol–water partition coefficient (Wildman–Crippen LogP) is 3.59. The fourth-order valence-electron chi connectivity index (χ4n) is 3.80. The number of morpholine rings is 1. The van der Waals surface area contributed by atoms with Gasteiger partial charge < -0.3 is 14.4 Å². The average Bonchev–Trinajstić information content (AvgIpc) is 3.25. The Morgan fingerprint density at radius 1 is 1.22 bits per heavy atom. The standard InChI is InChI=1S/C22H25N3O2/c1-15-14-25(9-10-26-15)20-11-16(5-8-23-20)21-19-12-18(27-22(2)6-7-22)4-3-17(19)13-24-21/h3-5,8,11-12,15H,6-7,9-10,13-14H2,1-2H3/t15-/m0/s1. The van der Waals surface area contributed by atoms with E-state index in [4.69, 9.17) is 14.5 Å². The van der Waals surface area contributed by atoms with Gasteiger partial charge in [0, 0.05) is 30.4 Å². The topological polar surface area (TPSA) is 47.0 Å². The molecule has 0 bridgehead atoms. The van der Waals surface area contributed by atoms with Crippen LogP contribution in [0.5, 0.6) is 5.75 Å². The summed E-state index contributed by atoms with van der Waals surface area (Å²) in [6, 6.07) is 10.6. The van der Waals surface area contributed by atoms with Gasteiger partial charge in [-0.15, -0.1) is 0 Å². The molecule has 0 unspecified atom stereocenters. The van der Waals surface area contributed by atoms with E-state index >= 15 is 0 Å². The lowest BCUT2D eigenvalue weighted by Crippen LogP contribution is -2.41. The summed E-state index contributed by atoms with van der Waals surface area (Å²) >= 11 is 0. The molecule has 1 aliphatic carbocycles. The first-order chi connectivity index (χ1) is 13.1. The molecule has 2 aromatic rings. The maximum absolute atomic E-state index is 6.16. The normalized spacial score (nSPS) is 23.0. The number of hydrogen-bond acceptors (Lipinski definition) is 5. The first-order valence-electron chi connectivity index (χ1n) is 9.79. The lowest BCUT2D eigenvalue weighted by molar-refractivity contribution is 0.0529. The number of ether oxygens (including phenoxy) is 2. The Balaban J connectivity index is 1.43. The van der Waals surface area contributed by atoms with E-state index in [0.717, 1.165) is 61.9 Å². The monoisotopic (exact) mass is 363 g/mol. The first kappa shape index (κ1) is 16.8. The highest BCUT2D eigenvalue weighted by Crippen LogP contribution is 2.40. The zero-order chi connectivity index (χ0) is 18.4. The minimum absolute atomic E-state index is 0.0288. The Morgan fingerprint density at radius 3 is 2.93 bits per heavy atom. The highest BCUT2D eigenvalue weighted by Gasteiger charge is 2.40. The van der Waals surface area contributed by atoms with Gasteiger partial charge in [0.1, 0.15) is 17.2 Å². The van der Waals surface area contributed by atoms with Gasteiger partial charge in [-0.2, -0.15) is 0 Å². The molecule has 1 saturated heterocycles. The second kappa shape index (κ2) is 6.34. The molecule has 5 rings (SSSR count). The van der Waals surface area contributed by atoms with E-state index in [-0.39, 0.29) is 11.7 Å². The van der Waals surface area contributed by atoms with Crippen LogP contribution in [0.15, 0.2) is 41.5 Å². The van der Waals surface area contributed by atoms with E-state index in [2.05, 4.69) is 54.1 Å². The second-order valence-electron chi connectivity index (χ2n) is 8.07. The van der Waals surface area contributed by atoms with Gasteiger partial charge in [-0.05, 0) is 56.5 Å². The summed E-state index contributed by atoms with van der Waals surface area (Å²) < 4.78 is 11.8. The molecular weight excluding hydrogens is 338 g/mol. The Morgan fingerprint density at radius 2 is 2.11 bits per heavy atom.